The number of anilines is 1. The zero-order valence-electron chi connectivity index (χ0n) is 8.84. The first-order valence-electron chi connectivity index (χ1n) is 5.00. The molecule has 14 heavy (non-hydrogen) atoms. The van der Waals surface area contributed by atoms with Crippen LogP contribution in [0.3, 0.4) is 0 Å². The number of Topliss-reactive ketones (excluding diaryl/α,β-unsaturated/α-hetero) is 1. The Bertz CT molecular complexity index is 331. The topological polar surface area (TPSA) is 43.1 Å². The lowest BCUT2D eigenvalue weighted by atomic mass is 10.0. The molecule has 0 bridgehead atoms. The highest BCUT2D eigenvalue weighted by atomic mass is 16.1. The van der Waals surface area contributed by atoms with Gasteiger partial charge in [0, 0.05) is 18.5 Å². The second-order valence-electron chi connectivity index (χ2n) is 3.59. The van der Waals surface area contributed by atoms with Gasteiger partial charge < -0.3 is 5.73 Å². The van der Waals surface area contributed by atoms with Gasteiger partial charge in [0.1, 0.15) is 5.78 Å². The molecule has 0 aliphatic rings. The van der Waals surface area contributed by atoms with Crippen LogP contribution in [0, 0.1) is 6.92 Å². The van der Waals surface area contributed by atoms with Crippen LogP contribution in [0.1, 0.15) is 30.9 Å². The van der Waals surface area contributed by atoms with Crippen molar-refractivity contribution in [3.05, 3.63) is 29.3 Å². The Morgan fingerprint density at radius 3 is 2.71 bits per heavy atom. The van der Waals surface area contributed by atoms with Gasteiger partial charge in [-0.2, -0.15) is 0 Å². The fraction of sp³-hybridized carbons (Fsp3) is 0.417. The maximum absolute atomic E-state index is 11.1. The lowest BCUT2D eigenvalue weighted by molar-refractivity contribution is -0.118. The zero-order valence-corrected chi connectivity index (χ0v) is 8.84. The van der Waals surface area contributed by atoms with Crippen molar-refractivity contribution in [2.24, 2.45) is 0 Å². The third-order valence-electron chi connectivity index (χ3n) is 2.37. The summed E-state index contributed by atoms with van der Waals surface area (Å²) in [5.74, 6) is 0.296. The van der Waals surface area contributed by atoms with Gasteiger partial charge in [0.05, 0.1) is 0 Å². The fourth-order valence-electron chi connectivity index (χ4n) is 1.39. The molecule has 0 saturated heterocycles. The van der Waals surface area contributed by atoms with Crippen LogP contribution in [0.25, 0.3) is 0 Å². The second kappa shape index (κ2) is 4.80. The largest absolute Gasteiger partial charge is 0.398 e. The molecule has 0 radical (unpaired) electrons. The van der Waals surface area contributed by atoms with Crippen molar-refractivity contribution in [2.45, 2.75) is 33.1 Å². The van der Waals surface area contributed by atoms with E-state index in [-0.39, 0.29) is 0 Å². The molecular weight excluding hydrogens is 174 g/mol. The van der Waals surface area contributed by atoms with E-state index in [9.17, 15) is 4.79 Å². The molecule has 0 saturated carbocycles. The van der Waals surface area contributed by atoms with E-state index >= 15 is 0 Å². The van der Waals surface area contributed by atoms with E-state index in [2.05, 4.69) is 0 Å². The maximum Gasteiger partial charge on any atom is 0.132 e. The highest BCUT2D eigenvalue weighted by molar-refractivity contribution is 5.78. The standard InChI is InChI=1S/C12H17NO/c1-3-11(14)7-6-10-5-4-9(2)8-12(10)13/h4-5,8H,3,6-7,13H2,1-2H3. The average molecular weight is 191 g/mol. The number of hydrogen-bond acceptors (Lipinski definition) is 2. The number of carbonyl (C=O) groups is 1. The van der Waals surface area contributed by atoms with Crippen LogP contribution in [-0.4, -0.2) is 5.78 Å². The predicted octanol–water partition coefficient (Wildman–Crippen LogP) is 2.49. The number of carbonyl (C=O) groups excluding carboxylic acids is 1. The van der Waals surface area contributed by atoms with E-state index in [1.165, 1.54) is 0 Å². The summed E-state index contributed by atoms with van der Waals surface area (Å²) in [5.41, 5.74) is 8.88. The van der Waals surface area contributed by atoms with Crippen LogP contribution in [0.2, 0.25) is 0 Å². The maximum atomic E-state index is 11.1. The Kier molecular flexibility index (Phi) is 3.69. The van der Waals surface area contributed by atoms with Crippen LogP contribution in [0.15, 0.2) is 18.2 Å². The smallest absolute Gasteiger partial charge is 0.132 e. The molecule has 2 N–H and O–H groups in total. The quantitative estimate of drug-likeness (QED) is 0.743. The van der Waals surface area contributed by atoms with E-state index in [0.29, 0.717) is 18.6 Å². The van der Waals surface area contributed by atoms with Crippen LogP contribution in [0.4, 0.5) is 5.69 Å². The van der Waals surface area contributed by atoms with Crippen LogP contribution >= 0.6 is 0 Å². The molecule has 0 spiro atoms. The van der Waals surface area contributed by atoms with Gasteiger partial charge in [-0.15, -0.1) is 0 Å². The minimum absolute atomic E-state index is 0.296. The first-order valence-corrected chi connectivity index (χ1v) is 5.00. The minimum Gasteiger partial charge on any atom is -0.398 e. The SMILES string of the molecule is CCC(=O)CCc1ccc(C)cc1N. The molecule has 0 fully saturated rings. The Labute approximate surface area is 85.1 Å². The van der Waals surface area contributed by atoms with Gasteiger partial charge in [-0.25, -0.2) is 0 Å². The molecule has 1 aromatic carbocycles. The molecule has 0 aliphatic carbocycles. The van der Waals surface area contributed by atoms with Crippen LogP contribution in [-0.2, 0) is 11.2 Å². The number of rotatable bonds is 4. The summed E-state index contributed by atoms with van der Waals surface area (Å²) in [5, 5.41) is 0. The van der Waals surface area contributed by atoms with Crippen LogP contribution in [0.5, 0.6) is 0 Å². The summed E-state index contributed by atoms with van der Waals surface area (Å²) in [6, 6.07) is 5.99. The van der Waals surface area contributed by atoms with E-state index in [0.717, 1.165) is 23.2 Å². The predicted molar refractivity (Wildman–Crippen MR) is 59.2 cm³/mol. The molecule has 76 valence electrons. The lowest BCUT2D eigenvalue weighted by Crippen LogP contribution is -2.00. The molecule has 1 rings (SSSR count). The number of nitrogens with two attached hydrogens (primary N) is 1. The highest BCUT2D eigenvalue weighted by Gasteiger charge is 2.02. The van der Waals surface area contributed by atoms with Crippen LogP contribution < -0.4 is 5.73 Å². The Balaban J connectivity index is 2.63. The van der Waals surface area contributed by atoms with E-state index in [4.69, 9.17) is 5.73 Å². The van der Waals surface area contributed by atoms with Gasteiger partial charge in [-0.3, -0.25) is 4.79 Å². The Hall–Kier alpha value is -1.31. The van der Waals surface area contributed by atoms with Gasteiger partial charge >= 0.3 is 0 Å². The van der Waals surface area contributed by atoms with Crippen molar-refractivity contribution in [3.63, 3.8) is 0 Å². The number of nitrogen functional groups attached to an aromatic ring is 1. The second-order valence-corrected chi connectivity index (χ2v) is 3.59. The van der Waals surface area contributed by atoms with Crippen molar-refractivity contribution >= 4 is 11.5 Å². The third kappa shape index (κ3) is 2.87. The third-order valence-corrected chi connectivity index (χ3v) is 2.37. The number of benzene rings is 1. The summed E-state index contributed by atoms with van der Waals surface area (Å²) in [6.45, 7) is 3.90. The molecule has 0 aromatic heterocycles. The normalized spacial score (nSPS) is 10.1. The number of hydrogen-bond donors (Lipinski definition) is 1. The van der Waals surface area contributed by atoms with Gasteiger partial charge in [0.2, 0.25) is 0 Å². The Morgan fingerprint density at radius 1 is 1.43 bits per heavy atom. The summed E-state index contributed by atoms with van der Waals surface area (Å²) >= 11 is 0. The Morgan fingerprint density at radius 2 is 2.14 bits per heavy atom. The summed E-state index contributed by atoms with van der Waals surface area (Å²) < 4.78 is 0. The zero-order chi connectivity index (χ0) is 10.6. The first-order chi connectivity index (χ1) is 6.63. The van der Waals surface area contributed by atoms with E-state index in [1.54, 1.807) is 0 Å². The van der Waals surface area contributed by atoms with Gasteiger partial charge in [-0.05, 0) is 30.5 Å². The highest BCUT2D eigenvalue weighted by Crippen LogP contribution is 2.15. The van der Waals surface area contributed by atoms with Crippen molar-refractivity contribution in [1.82, 2.24) is 0 Å². The minimum atomic E-state index is 0.296. The molecule has 0 unspecified atom stereocenters. The number of ketones is 1. The molecule has 2 nitrogen and oxygen atoms in total. The van der Waals surface area contributed by atoms with Gasteiger partial charge in [-0.1, -0.05) is 19.1 Å². The fourth-order valence-corrected chi connectivity index (χ4v) is 1.39. The van der Waals surface area contributed by atoms with Crippen molar-refractivity contribution < 1.29 is 4.79 Å². The molecule has 0 aliphatic heterocycles. The monoisotopic (exact) mass is 191 g/mol. The molecule has 2 heteroatoms. The molecule has 0 atom stereocenters. The molecule has 1 aromatic rings. The molecular formula is C12H17NO. The van der Waals surface area contributed by atoms with Gasteiger partial charge in [0.25, 0.3) is 0 Å². The summed E-state index contributed by atoms with van der Waals surface area (Å²) in [6.07, 6.45) is 1.98. The summed E-state index contributed by atoms with van der Waals surface area (Å²) in [7, 11) is 0. The summed E-state index contributed by atoms with van der Waals surface area (Å²) in [4.78, 5) is 11.1. The van der Waals surface area contributed by atoms with Crippen molar-refractivity contribution in [3.8, 4) is 0 Å². The average Bonchev–Trinajstić information content (AvgIpc) is 2.16. The van der Waals surface area contributed by atoms with E-state index < -0.39 is 0 Å². The lowest BCUT2D eigenvalue weighted by Gasteiger charge is -2.05. The molecule has 0 heterocycles. The molecule has 0 amide bonds. The van der Waals surface area contributed by atoms with Crippen molar-refractivity contribution in [1.29, 1.82) is 0 Å². The van der Waals surface area contributed by atoms with Gasteiger partial charge in [0.15, 0.2) is 0 Å². The van der Waals surface area contributed by atoms with Crippen molar-refractivity contribution in [2.75, 3.05) is 5.73 Å². The number of aryl methyl sites for hydroxylation is 2. The van der Waals surface area contributed by atoms with E-state index in [1.807, 2.05) is 32.0 Å². The first kappa shape index (κ1) is 10.8.